The van der Waals surface area contributed by atoms with Gasteiger partial charge in [-0.1, -0.05) is 6.92 Å². The van der Waals surface area contributed by atoms with E-state index in [4.69, 9.17) is 10.5 Å². The Labute approximate surface area is 142 Å². The van der Waals surface area contributed by atoms with Crippen LogP contribution in [0.1, 0.15) is 48.7 Å². The minimum Gasteiger partial charge on any atom is -0.367 e. The highest BCUT2D eigenvalue weighted by Gasteiger charge is 2.36. The lowest BCUT2D eigenvalue weighted by Gasteiger charge is -2.34. The molecule has 1 aromatic heterocycles. The summed E-state index contributed by atoms with van der Waals surface area (Å²) in [5.41, 5.74) is 7.24. The van der Waals surface area contributed by atoms with E-state index in [2.05, 4.69) is 6.92 Å². The summed E-state index contributed by atoms with van der Waals surface area (Å²) in [6.45, 7) is 3.58. The van der Waals surface area contributed by atoms with Crippen LogP contribution in [0.5, 0.6) is 0 Å². The van der Waals surface area contributed by atoms with Gasteiger partial charge in [0.2, 0.25) is 5.91 Å². The Morgan fingerprint density at radius 2 is 1.96 bits per heavy atom. The first-order valence-corrected chi connectivity index (χ1v) is 8.89. The fraction of sp³-hybridized carbons (Fsp3) is 0.667. The first-order chi connectivity index (χ1) is 11.5. The standard InChI is InChI=1S/C18H27N3O3/c1-3-14-13(8-9-20(14)2)18(23)21-10-6-12(7-11-21)15-4-5-16(24-15)17(19)22/h8-9,12,15-16H,3-7,10-11H2,1-2H3,(H2,19,22)/t15-,16+/m0/s1. The van der Waals surface area contributed by atoms with Gasteiger partial charge in [-0.05, 0) is 44.1 Å². The van der Waals surface area contributed by atoms with E-state index in [1.54, 1.807) is 0 Å². The van der Waals surface area contributed by atoms with E-state index in [0.717, 1.165) is 56.5 Å². The molecule has 0 unspecified atom stereocenters. The van der Waals surface area contributed by atoms with Crippen molar-refractivity contribution in [3.8, 4) is 0 Å². The van der Waals surface area contributed by atoms with Gasteiger partial charge in [-0.3, -0.25) is 9.59 Å². The van der Waals surface area contributed by atoms with Crippen LogP contribution in [-0.4, -0.2) is 46.6 Å². The summed E-state index contributed by atoms with van der Waals surface area (Å²) in [6.07, 6.45) is 5.97. The Kier molecular flexibility index (Phi) is 4.94. The van der Waals surface area contributed by atoms with Gasteiger partial charge in [0, 0.05) is 32.0 Å². The molecular formula is C18H27N3O3. The lowest BCUT2D eigenvalue weighted by Crippen LogP contribution is -2.41. The maximum Gasteiger partial charge on any atom is 0.255 e. The molecular weight excluding hydrogens is 306 g/mol. The third-order valence-corrected chi connectivity index (χ3v) is 5.49. The molecule has 2 saturated heterocycles. The zero-order valence-electron chi connectivity index (χ0n) is 14.5. The molecule has 2 atom stereocenters. The normalized spacial score (nSPS) is 25.2. The van der Waals surface area contributed by atoms with Gasteiger partial charge in [0.15, 0.2) is 0 Å². The molecule has 3 heterocycles. The van der Waals surface area contributed by atoms with Gasteiger partial charge in [-0.2, -0.15) is 0 Å². The molecule has 24 heavy (non-hydrogen) atoms. The predicted octanol–water partition coefficient (Wildman–Crippen LogP) is 1.47. The van der Waals surface area contributed by atoms with Crippen molar-refractivity contribution in [3.05, 3.63) is 23.5 Å². The number of piperidine rings is 1. The fourth-order valence-corrected chi connectivity index (χ4v) is 4.06. The van der Waals surface area contributed by atoms with Gasteiger partial charge >= 0.3 is 0 Å². The molecule has 2 fully saturated rings. The Hall–Kier alpha value is -1.82. The van der Waals surface area contributed by atoms with Crippen molar-refractivity contribution < 1.29 is 14.3 Å². The van der Waals surface area contributed by atoms with Crippen molar-refractivity contribution >= 4 is 11.8 Å². The number of aryl methyl sites for hydroxylation is 1. The van der Waals surface area contributed by atoms with Gasteiger partial charge in [-0.15, -0.1) is 0 Å². The number of ether oxygens (including phenoxy) is 1. The van der Waals surface area contributed by atoms with E-state index >= 15 is 0 Å². The van der Waals surface area contributed by atoms with Gasteiger partial charge in [0.25, 0.3) is 5.91 Å². The van der Waals surface area contributed by atoms with Crippen LogP contribution in [0.15, 0.2) is 12.3 Å². The third-order valence-electron chi connectivity index (χ3n) is 5.49. The Morgan fingerprint density at radius 1 is 1.25 bits per heavy atom. The van der Waals surface area contributed by atoms with Crippen LogP contribution in [-0.2, 0) is 23.0 Å². The largest absolute Gasteiger partial charge is 0.367 e. The van der Waals surface area contributed by atoms with Crippen LogP contribution in [0, 0.1) is 5.92 Å². The second-order valence-corrected chi connectivity index (χ2v) is 6.91. The number of primary amides is 1. The van der Waals surface area contributed by atoms with Crippen LogP contribution in [0.2, 0.25) is 0 Å². The van der Waals surface area contributed by atoms with E-state index < -0.39 is 6.10 Å². The number of carbonyl (C=O) groups is 2. The van der Waals surface area contributed by atoms with Crippen molar-refractivity contribution in [1.29, 1.82) is 0 Å². The highest BCUT2D eigenvalue weighted by molar-refractivity contribution is 5.95. The average molecular weight is 333 g/mol. The van der Waals surface area contributed by atoms with Crippen LogP contribution < -0.4 is 5.73 Å². The van der Waals surface area contributed by atoms with Gasteiger partial charge in [-0.25, -0.2) is 0 Å². The Balaban J connectivity index is 1.57. The lowest BCUT2D eigenvalue weighted by molar-refractivity contribution is -0.130. The fourth-order valence-electron chi connectivity index (χ4n) is 4.06. The van der Waals surface area contributed by atoms with Gasteiger partial charge in [0.05, 0.1) is 11.7 Å². The summed E-state index contributed by atoms with van der Waals surface area (Å²) in [6, 6.07) is 1.92. The molecule has 2 N–H and O–H groups in total. The first-order valence-electron chi connectivity index (χ1n) is 8.89. The zero-order valence-corrected chi connectivity index (χ0v) is 14.5. The van der Waals surface area contributed by atoms with E-state index in [9.17, 15) is 9.59 Å². The first kappa shape index (κ1) is 17.0. The van der Waals surface area contributed by atoms with Crippen LogP contribution >= 0.6 is 0 Å². The van der Waals surface area contributed by atoms with Crippen LogP contribution in [0.4, 0.5) is 0 Å². The topological polar surface area (TPSA) is 77.6 Å². The van der Waals surface area contributed by atoms with E-state index in [0.29, 0.717) is 5.92 Å². The minimum atomic E-state index is -0.425. The van der Waals surface area contributed by atoms with Crippen molar-refractivity contribution in [2.24, 2.45) is 18.7 Å². The number of nitrogens with two attached hydrogens (primary N) is 1. The molecule has 2 aliphatic rings. The number of hydrogen-bond acceptors (Lipinski definition) is 3. The monoisotopic (exact) mass is 333 g/mol. The molecule has 0 bridgehead atoms. The van der Waals surface area contributed by atoms with Crippen LogP contribution in [0.3, 0.4) is 0 Å². The summed E-state index contributed by atoms with van der Waals surface area (Å²) >= 11 is 0. The van der Waals surface area contributed by atoms with E-state index in [1.807, 2.05) is 28.8 Å². The average Bonchev–Trinajstić information content (AvgIpc) is 3.21. The third kappa shape index (κ3) is 3.20. The molecule has 3 rings (SSSR count). The molecule has 2 amide bonds. The Morgan fingerprint density at radius 3 is 2.54 bits per heavy atom. The van der Waals surface area contributed by atoms with E-state index in [-0.39, 0.29) is 17.9 Å². The molecule has 0 aliphatic carbocycles. The molecule has 6 nitrogen and oxygen atoms in total. The zero-order chi connectivity index (χ0) is 17.3. The number of aromatic nitrogens is 1. The summed E-state index contributed by atoms with van der Waals surface area (Å²) in [4.78, 5) is 26.0. The van der Waals surface area contributed by atoms with E-state index in [1.165, 1.54) is 0 Å². The summed E-state index contributed by atoms with van der Waals surface area (Å²) in [5.74, 6) is 0.189. The number of hydrogen-bond donors (Lipinski definition) is 1. The molecule has 6 heteroatoms. The number of nitrogens with zero attached hydrogens (tertiary/aromatic N) is 2. The predicted molar refractivity (Wildman–Crippen MR) is 90.5 cm³/mol. The quantitative estimate of drug-likeness (QED) is 0.906. The van der Waals surface area contributed by atoms with Gasteiger partial charge in [0.1, 0.15) is 6.10 Å². The number of rotatable bonds is 4. The molecule has 0 saturated carbocycles. The molecule has 132 valence electrons. The van der Waals surface area contributed by atoms with Gasteiger partial charge < -0.3 is 19.9 Å². The maximum atomic E-state index is 12.8. The second-order valence-electron chi connectivity index (χ2n) is 6.91. The number of likely N-dealkylation sites (tertiary alicyclic amines) is 1. The van der Waals surface area contributed by atoms with Crippen molar-refractivity contribution in [2.45, 2.75) is 51.2 Å². The van der Waals surface area contributed by atoms with Crippen LogP contribution in [0.25, 0.3) is 0 Å². The SMILES string of the molecule is CCc1c(C(=O)N2CCC([C@@H]3CC[C@H](C(N)=O)O3)CC2)ccn1C. The highest BCUT2D eigenvalue weighted by atomic mass is 16.5. The Bertz CT molecular complexity index is 617. The van der Waals surface area contributed by atoms with Crippen molar-refractivity contribution in [1.82, 2.24) is 9.47 Å². The smallest absolute Gasteiger partial charge is 0.255 e. The molecule has 0 aromatic carbocycles. The summed E-state index contributed by atoms with van der Waals surface area (Å²) in [5, 5.41) is 0. The number of carbonyl (C=O) groups excluding carboxylic acids is 2. The molecule has 0 spiro atoms. The minimum absolute atomic E-state index is 0.114. The summed E-state index contributed by atoms with van der Waals surface area (Å²) < 4.78 is 7.83. The summed E-state index contributed by atoms with van der Waals surface area (Å²) in [7, 11) is 1.98. The molecule has 1 aromatic rings. The van der Waals surface area contributed by atoms with Crippen molar-refractivity contribution in [2.75, 3.05) is 13.1 Å². The molecule has 2 aliphatic heterocycles. The van der Waals surface area contributed by atoms with Crippen molar-refractivity contribution in [3.63, 3.8) is 0 Å². The maximum absolute atomic E-state index is 12.8. The molecule has 0 radical (unpaired) electrons. The number of amides is 2. The second kappa shape index (κ2) is 6.97. The highest BCUT2D eigenvalue weighted by Crippen LogP contribution is 2.32. The lowest BCUT2D eigenvalue weighted by atomic mass is 9.89.